The molecule has 0 saturated carbocycles. The fraction of sp³-hybridized carbons (Fsp3) is 0.250. The van der Waals surface area contributed by atoms with E-state index in [1.165, 1.54) is 0 Å². The molecular weight excluding hydrogens is 292 g/mol. The van der Waals surface area contributed by atoms with Crippen LogP contribution in [0, 0.1) is 13.8 Å². The van der Waals surface area contributed by atoms with Crippen molar-refractivity contribution in [3.05, 3.63) is 53.9 Å². The largest absolute Gasteiger partial charge is 0.316 e. The second-order valence-corrected chi connectivity index (χ2v) is 5.14. The Morgan fingerprint density at radius 1 is 1.22 bits per heavy atom. The first kappa shape index (κ1) is 15.0. The summed E-state index contributed by atoms with van der Waals surface area (Å²) >= 11 is 0. The van der Waals surface area contributed by atoms with Crippen molar-refractivity contribution >= 4 is 11.6 Å². The number of nitrogens with one attached hydrogen (secondary N) is 1. The highest BCUT2D eigenvalue weighted by atomic mass is 16.2. The van der Waals surface area contributed by atoms with Gasteiger partial charge in [0, 0.05) is 6.54 Å². The highest BCUT2D eigenvalue weighted by Crippen LogP contribution is 2.15. The number of carbonyl (C=O) groups is 1. The van der Waals surface area contributed by atoms with E-state index in [-0.39, 0.29) is 11.7 Å². The molecule has 1 aromatic carbocycles. The van der Waals surface area contributed by atoms with Gasteiger partial charge in [0.15, 0.2) is 0 Å². The van der Waals surface area contributed by atoms with E-state index in [0.29, 0.717) is 11.5 Å². The van der Waals surface area contributed by atoms with Crippen LogP contribution in [0.3, 0.4) is 0 Å². The molecule has 2 aromatic heterocycles. The van der Waals surface area contributed by atoms with E-state index in [1.54, 1.807) is 10.9 Å². The molecule has 23 heavy (non-hydrogen) atoms. The third-order valence-electron chi connectivity index (χ3n) is 3.62. The SMILES string of the molecule is CCn1ncc(NC(=O)c2nc(C)n(-c3ccccc3)n2)c1C. The van der Waals surface area contributed by atoms with Crippen LogP contribution in [0.2, 0.25) is 0 Å². The molecule has 1 N–H and O–H groups in total. The van der Waals surface area contributed by atoms with Crippen LogP contribution >= 0.6 is 0 Å². The third kappa shape index (κ3) is 2.85. The zero-order chi connectivity index (χ0) is 16.4. The Hall–Kier alpha value is -2.96. The van der Waals surface area contributed by atoms with Crippen LogP contribution in [0.5, 0.6) is 0 Å². The Bertz CT molecular complexity index is 834. The number of para-hydroxylation sites is 1. The highest BCUT2D eigenvalue weighted by Gasteiger charge is 2.17. The van der Waals surface area contributed by atoms with Gasteiger partial charge in [-0.2, -0.15) is 5.10 Å². The summed E-state index contributed by atoms with van der Waals surface area (Å²) in [6, 6.07) is 9.59. The number of rotatable bonds is 4. The minimum absolute atomic E-state index is 0.134. The summed E-state index contributed by atoms with van der Waals surface area (Å²) in [6.07, 6.45) is 1.64. The van der Waals surface area contributed by atoms with Crippen LogP contribution in [-0.4, -0.2) is 30.5 Å². The topological polar surface area (TPSA) is 77.6 Å². The lowest BCUT2D eigenvalue weighted by molar-refractivity contribution is 0.101. The number of amides is 1. The first-order valence-electron chi connectivity index (χ1n) is 7.43. The standard InChI is InChI=1S/C16H18N6O/c1-4-21-11(2)14(10-17-21)19-16(23)15-18-12(3)22(20-15)13-8-6-5-7-9-13/h5-10H,4H2,1-3H3,(H,19,23). The number of benzene rings is 1. The number of hydrogen-bond acceptors (Lipinski definition) is 4. The van der Waals surface area contributed by atoms with Crippen molar-refractivity contribution in [1.29, 1.82) is 0 Å². The molecule has 2 heterocycles. The van der Waals surface area contributed by atoms with Gasteiger partial charge in [0.05, 0.1) is 23.3 Å². The average molecular weight is 310 g/mol. The maximum absolute atomic E-state index is 12.4. The lowest BCUT2D eigenvalue weighted by Crippen LogP contribution is -2.15. The zero-order valence-corrected chi connectivity index (χ0v) is 13.3. The maximum Gasteiger partial charge on any atom is 0.295 e. The van der Waals surface area contributed by atoms with E-state index in [9.17, 15) is 4.79 Å². The molecule has 118 valence electrons. The van der Waals surface area contributed by atoms with E-state index >= 15 is 0 Å². The van der Waals surface area contributed by atoms with E-state index in [4.69, 9.17) is 0 Å². The molecule has 0 bridgehead atoms. The molecule has 0 aliphatic heterocycles. The van der Waals surface area contributed by atoms with Gasteiger partial charge >= 0.3 is 0 Å². The fourth-order valence-corrected chi connectivity index (χ4v) is 2.37. The first-order valence-corrected chi connectivity index (χ1v) is 7.43. The van der Waals surface area contributed by atoms with Crippen molar-refractivity contribution < 1.29 is 4.79 Å². The molecular formula is C16H18N6O. The quantitative estimate of drug-likeness (QED) is 0.802. The van der Waals surface area contributed by atoms with Crippen LogP contribution in [0.1, 0.15) is 29.1 Å². The Morgan fingerprint density at radius 3 is 2.61 bits per heavy atom. The Balaban J connectivity index is 1.85. The monoisotopic (exact) mass is 310 g/mol. The summed E-state index contributed by atoms with van der Waals surface area (Å²) < 4.78 is 3.47. The van der Waals surface area contributed by atoms with Crippen molar-refractivity contribution in [2.45, 2.75) is 27.3 Å². The smallest absolute Gasteiger partial charge is 0.295 e. The fourth-order valence-electron chi connectivity index (χ4n) is 2.37. The highest BCUT2D eigenvalue weighted by molar-refractivity contribution is 6.01. The van der Waals surface area contributed by atoms with Crippen molar-refractivity contribution in [2.75, 3.05) is 5.32 Å². The maximum atomic E-state index is 12.4. The molecule has 3 rings (SSSR count). The van der Waals surface area contributed by atoms with Gasteiger partial charge in [-0.15, -0.1) is 5.10 Å². The molecule has 0 saturated heterocycles. The zero-order valence-electron chi connectivity index (χ0n) is 13.3. The lowest BCUT2D eigenvalue weighted by Gasteiger charge is -2.03. The van der Waals surface area contributed by atoms with Gasteiger partial charge in [0.25, 0.3) is 5.91 Å². The Labute approximate surface area is 134 Å². The molecule has 3 aromatic rings. The second kappa shape index (κ2) is 6.04. The minimum atomic E-state index is -0.346. The van der Waals surface area contributed by atoms with Crippen molar-refractivity contribution in [2.24, 2.45) is 0 Å². The van der Waals surface area contributed by atoms with Crippen LogP contribution in [0.15, 0.2) is 36.5 Å². The van der Waals surface area contributed by atoms with E-state index in [1.807, 2.05) is 55.8 Å². The number of carbonyl (C=O) groups excluding carboxylic acids is 1. The minimum Gasteiger partial charge on any atom is -0.316 e. The second-order valence-electron chi connectivity index (χ2n) is 5.14. The van der Waals surface area contributed by atoms with Crippen LogP contribution in [0.4, 0.5) is 5.69 Å². The molecule has 0 radical (unpaired) electrons. The number of nitrogens with zero attached hydrogens (tertiary/aromatic N) is 5. The summed E-state index contributed by atoms with van der Waals surface area (Å²) in [7, 11) is 0. The van der Waals surface area contributed by atoms with Gasteiger partial charge < -0.3 is 5.32 Å². The number of hydrogen-bond donors (Lipinski definition) is 1. The van der Waals surface area contributed by atoms with E-state index in [0.717, 1.165) is 17.9 Å². The third-order valence-corrected chi connectivity index (χ3v) is 3.62. The van der Waals surface area contributed by atoms with Crippen molar-refractivity contribution in [3.8, 4) is 5.69 Å². The van der Waals surface area contributed by atoms with Gasteiger partial charge in [-0.3, -0.25) is 9.48 Å². The van der Waals surface area contributed by atoms with Crippen LogP contribution < -0.4 is 5.32 Å². The first-order chi connectivity index (χ1) is 11.1. The van der Waals surface area contributed by atoms with E-state index in [2.05, 4.69) is 20.5 Å². The van der Waals surface area contributed by atoms with Crippen molar-refractivity contribution in [3.63, 3.8) is 0 Å². The van der Waals surface area contributed by atoms with E-state index < -0.39 is 0 Å². The molecule has 0 fully saturated rings. The normalized spacial score (nSPS) is 10.7. The summed E-state index contributed by atoms with van der Waals surface area (Å²) in [5.41, 5.74) is 2.44. The summed E-state index contributed by atoms with van der Waals surface area (Å²) in [4.78, 5) is 16.6. The van der Waals surface area contributed by atoms with Gasteiger partial charge in [0.1, 0.15) is 5.82 Å². The Morgan fingerprint density at radius 2 is 1.96 bits per heavy atom. The van der Waals surface area contributed by atoms with Crippen LogP contribution in [-0.2, 0) is 6.54 Å². The number of aryl methyl sites for hydroxylation is 2. The van der Waals surface area contributed by atoms with Gasteiger partial charge in [0.2, 0.25) is 5.82 Å². The summed E-state index contributed by atoms with van der Waals surface area (Å²) in [5, 5.41) is 11.3. The molecule has 0 aliphatic rings. The number of anilines is 1. The molecule has 7 nitrogen and oxygen atoms in total. The van der Waals surface area contributed by atoms with Crippen LogP contribution in [0.25, 0.3) is 5.69 Å². The van der Waals surface area contributed by atoms with Crippen molar-refractivity contribution in [1.82, 2.24) is 24.5 Å². The van der Waals surface area contributed by atoms with Gasteiger partial charge in [-0.1, -0.05) is 18.2 Å². The summed E-state index contributed by atoms with van der Waals surface area (Å²) in [5.74, 6) is 0.443. The Kier molecular flexibility index (Phi) is 3.92. The molecule has 0 spiro atoms. The summed E-state index contributed by atoms with van der Waals surface area (Å²) in [6.45, 7) is 6.48. The average Bonchev–Trinajstić information content (AvgIpc) is 3.12. The number of aromatic nitrogens is 5. The molecule has 0 atom stereocenters. The van der Waals surface area contributed by atoms with Gasteiger partial charge in [-0.25, -0.2) is 9.67 Å². The molecule has 1 amide bonds. The molecule has 0 aliphatic carbocycles. The lowest BCUT2D eigenvalue weighted by atomic mass is 10.3. The van der Waals surface area contributed by atoms with Gasteiger partial charge in [-0.05, 0) is 32.9 Å². The molecule has 7 heteroatoms. The molecule has 0 unspecified atom stereocenters. The predicted molar refractivity (Wildman–Crippen MR) is 86.7 cm³/mol. The predicted octanol–water partition coefficient (Wildman–Crippen LogP) is 2.35.